The molecule has 1 N–H and O–H groups in total. The van der Waals surface area contributed by atoms with Gasteiger partial charge in [0.15, 0.2) is 5.58 Å². The summed E-state index contributed by atoms with van der Waals surface area (Å²) in [6, 6.07) is 9.37. The molecule has 0 fully saturated rings. The molecule has 120 valence electrons. The minimum absolute atomic E-state index is 0.00492. The Morgan fingerprint density at radius 1 is 1.26 bits per heavy atom. The van der Waals surface area contributed by atoms with Crippen LogP contribution in [0.5, 0.6) is 0 Å². The Morgan fingerprint density at radius 3 is 2.74 bits per heavy atom. The van der Waals surface area contributed by atoms with Crippen molar-refractivity contribution in [2.75, 3.05) is 4.72 Å². The third-order valence-electron chi connectivity index (χ3n) is 3.39. The SMILES string of the molecule is CCn1c(=O)oc2cc(S(=O)(=O)Nc3cccc(C)n3)ccc21. The summed E-state index contributed by atoms with van der Waals surface area (Å²) in [6.07, 6.45) is 0. The molecule has 3 aromatic rings. The molecule has 0 bridgehead atoms. The van der Waals surface area contributed by atoms with Gasteiger partial charge in [0, 0.05) is 18.3 Å². The normalized spacial score (nSPS) is 11.7. The Kier molecular flexibility index (Phi) is 3.69. The first-order valence-corrected chi connectivity index (χ1v) is 8.49. The number of aromatic nitrogens is 2. The molecule has 0 saturated heterocycles. The number of aryl methyl sites for hydroxylation is 2. The van der Waals surface area contributed by atoms with Crippen LogP contribution in [0.4, 0.5) is 5.82 Å². The molecule has 0 aliphatic rings. The summed E-state index contributed by atoms with van der Waals surface area (Å²) in [7, 11) is -3.82. The number of fused-ring (bicyclic) bond motifs is 1. The van der Waals surface area contributed by atoms with Crippen LogP contribution in [0.1, 0.15) is 12.6 Å². The van der Waals surface area contributed by atoms with Gasteiger partial charge >= 0.3 is 5.76 Å². The van der Waals surface area contributed by atoms with E-state index in [2.05, 4.69) is 9.71 Å². The second-order valence-electron chi connectivity index (χ2n) is 5.01. The van der Waals surface area contributed by atoms with Crippen molar-refractivity contribution >= 4 is 26.9 Å². The van der Waals surface area contributed by atoms with Crippen LogP contribution in [0.3, 0.4) is 0 Å². The molecule has 2 heterocycles. The fourth-order valence-electron chi connectivity index (χ4n) is 2.31. The van der Waals surface area contributed by atoms with Gasteiger partial charge in [-0.25, -0.2) is 18.2 Å². The maximum absolute atomic E-state index is 12.4. The monoisotopic (exact) mass is 333 g/mol. The summed E-state index contributed by atoms with van der Waals surface area (Å²) in [5.41, 5.74) is 1.49. The van der Waals surface area contributed by atoms with Gasteiger partial charge in [-0.05, 0) is 38.1 Å². The molecular formula is C15H15N3O4S. The molecular weight excluding hydrogens is 318 g/mol. The van der Waals surface area contributed by atoms with E-state index >= 15 is 0 Å². The molecule has 8 heteroatoms. The molecule has 0 spiro atoms. The maximum Gasteiger partial charge on any atom is 0.419 e. The van der Waals surface area contributed by atoms with Gasteiger partial charge in [-0.1, -0.05) is 6.07 Å². The molecule has 7 nitrogen and oxygen atoms in total. The number of benzene rings is 1. The molecule has 0 atom stereocenters. The van der Waals surface area contributed by atoms with Crippen molar-refractivity contribution in [2.24, 2.45) is 0 Å². The lowest BCUT2D eigenvalue weighted by atomic mass is 10.3. The average molecular weight is 333 g/mol. The lowest BCUT2D eigenvalue weighted by Crippen LogP contribution is -2.14. The number of anilines is 1. The van der Waals surface area contributed by atoms with Crippen molar-refractivity contribution in [3.05, 3.63) is 52.6 Å². The number of nitrogens with zero attached hydrogens (tertiary/aromatic N) is 2. The molecule has 2 aromatic heterocycles. The second-order valence-corrected chi connectivity index (χ2v) is 6.69. The maximum atomic E-state index is 12.4. The van der Waals surface area contributed by atoms with Crippen LogP contribution in [-0.2, 0) is 16.6 Å². The van der Waals surface area contributed by atoms with Crippen LogP contribution in [0.2, 0.25) is 0 Å². The molecule has 0 aliphatic heterocycles. The van der Waals surface area contributed by atoms with Crippen molar-refractivity contribution in [2.45, 2.75) is 25.3 Å². The van der Waals surface area contributed by atoms with Crippen molar-refractivity contribution in [3.8, 4) is 0 Å². The van der Waals surface area contributed by atoms with E-state index in [1.165, 1.54) is 16.7 Å². The number of sulfonamides is 1. The standard InChI is InChI=1S/C15H15N3O4S/c1-3-18-12-8-7-11(9-13(12)22-15(18)19)23(20,21)17-14-6-4-5-10(2)16-14/h4-9H,3H2,1-2H3,(H,16,17). The van der Waals surface area contributed by atoms with Crippen LogP contribution in [0.25, 0.3) is 11.1 Å². The Labute approximate surface area is 132 Å². The predicted molar refractivity (Wildman–Crippen MR) is 85.9 cm³/mol. The smallest absolute Gasteiger partial charge is 0.408 e. The van der Waals surface area contributed by atoms with Gasteiger partial charge < -0.3 is 4.42 Å². The topological polar surface area (TPSA) is 94.2 Å². The first-order valence-electron chi connectivity index (χ1n) is 7.00. The number of hydrogen-bond acceptors (Lipinski definition) is 5. The summed E-state index contributed by atoms with van der Waals surface area (Å²) < 4.78 is 33.8. The average Bonchev–Trinajstić information content (AvgIpc) is 2.80. The fraction of sp³-hybridized carbons (Fsp3) is 0.200. The minimum atomic E-state index is -3.82. The zero-order chi connectivity index (χ0) is 16.6. The van der Waals surface area contributed by atoms with Gasteiger partial charge in [0.1, 0.15) is 5.82 Å². The first kappa shape index (κ1) is 15.3. The zero-order valence-electron chi connectivity index (χ0n) is 12.6. The summed E-state index contributed by atoms with van der Waals surface area (Å²) in [6.45, 7) is 4.03. The Bertz CT molecular complexity index is 1030. The van der Waals surface area contributed by atoms with Gasteiger partial charge in [-0.15, -0.1) is 0 Å². The van der Waals surface area contributed by atoms with Gasteiger partial charge in [0.05, 0.1) is 10.4 Å². The summed E-state index contributed by atoms with van der Waals surface area (Å²) in [4.78, 5) is 15.8. The molecule has 0 amide bonds. The number of oxazole rings is 1. The molecule has 1 aromatic carbocycles. The van der Waals surface area contributed by atoms with Crippen LogP contribution in [-0.4, -0.2) is 18.0 Å². The van der Waals surface area contributed by atoms with Crippen molar-refractivity contribution < 1.29 is 12.8 Å². The van der Waals surface area contributed by atoms with E-state index in [0.717, 1.165) is 0 Å². The Morgan fingerprint density at radius 2 is 2.04 bits per heavy atom. The highest BCUT2D eigenvalue weighted by molar-refractivity contribution is 7.92. The van der Waals surface area contributed by atoms with Gasteiger partial charge in [0.25, 0.3) is 10.0 Å². The first-order chi connectivity index (χ1) is 10.9. The third-order valence-corrected chi connectivity index (χ3v) is 4.75. The van der Waals surface area contributed by atoms with E-state index in [0.29, 0.717) is 17.8 Å². The zero-order valence-corrected chi connectivity index (χ0v) is 13.4. The lowest BCUT2D eigenvalue weighted by Gasteiger charge is -2.07. The number of nitrogens with one attached hydrogen (secondary N) is 1. The van der Waals surface area contributed by atoms with Crippen molar-refractivity contribution in [1.82, 2.24) is 9.55 Å². The van der Waals surface area contributed by atoms with Crippen molar-refractivity contribution in [1.29, 1.82) is 0 Å². The summed E-state index contributed by atoms with van der Waals surface area (Å²) in [5, 5.41) is 0. The Hall–Kier alpha value is -2.61. The van der Waals surface area contributed by atoms with E-state index in [1.807, 2.05) is 6.92 Å². The van der Waals surface area contributed by atoms with Crippen LogP contribution < -0.4 is 10.5 Å². The van der Waals surface area contributed by atoms with Crippen LogP contribution >= 0.6 is 0 Å². The second kappa shape index (κ2) is 5.54. The quantitative estimate of drug-likeness (QED) is 0.789. The molecule has 0 saturated carbocycles. The molecule has 0 aliphatic carbocycles. The number of rotatable bonds is 4. The fourth-order valence-corrected chi connectivity index (χ4v) is 3.33. The third kappa shape index (κ3) is 2.85. The van der Waals surface area contributed by atoms with Crippen LogP contribution in [0.15, 0.2) is 50.5 Å². The highest BCUT2D eigenvalue weighted by Crippen LogP contribution is 2.20. The highest BCUT2D eigenvalue weighted by Gasteiger charge is 2.18. The molecule has 3 rings (SSSR count). The summed E-state index contributed by atoms with van der Waals surface area (Å²) >= 11 is 0. The predicted octanol–water partition coefficient (Wildman–Crippen LogP) is 2.12. The Balaban J connectivity index is 2.03. The molecule has 23 heavy (non-hydrogen) atoms. The highest BCUT2D eigenvalue weighted by atomic mass is 32.2. The largest absolute Gasteiger partial charge is 0.419 e. The van der Waals surface area contributed by atoms with E-state index in [-0.39, 0.29) is 16.3 Å². The van der Waals surface area contributed by atoms with E-state index < -0.39 is 15.8 Å². The number of hydrogen-bond donors (Lipinski definition) is 1. The van der Waals surface area contributed by atoms with E-state index in [9.17, 15) is 13.2 Å². The van der Waals surface area contributed by atoms with E-state index in [4.69, 9.17) is 4.42 Å². The molecule has 0 radical (unpaired) electrons. The van der Waals surface area contributed by atoms with Gasteiger partial charge in [-0.2, -0.15) is 0 Å². The van der Waals surface area contributed by atoms with Crippen LogP contribution in [0, 0.1) is 6.92 Å². The molecule has 0 unspecified atom stereocenters. The lowest BCUT2D eigenvalue weighted by molar-refractivity contribution is 0.512. The van der Waals surface area contributed by atoms with Gasteiger partial charge in [0.2, 0.25) is 0 Å². The minimum Gasteiger partial charge on any atom is -0.408 e. The van der Waals surface area contributed by atoms with E-state index in [1.54, 1.807) is 31.2 Å². The summed E-state index contributed by atoms with van der Waals surface area (Å²) in [5.74, 6) is -0.275. The van der Waals surface area contributed by atoms with Crippen molar-refractivity contribution in [3.63, 3.8) is 0 Å². The number of pyridine rings is 1. The van der Waals surface area contributed by atoms with Gasteiger partial charge in [-0.3, -0.25) is 9.29 Å².